The van der Waals surface area contributed by atoms with Crippen molar-refractivity contribution in [3.05, 3.63) is 41.3 Å². The SMILES string of the molecule is [CH]C(=O)c1ccc(Cl)c(C(F)(F)F)c1. The number of Topliss-reactive ketones (excluding diaryl/α,β-unsaturated/α-hetero) is 1. The Kier molecular flexibility index (Phi) is 2.85. The Balaban J connectivity index is 3.29. The van der Waals surface area contributed by atoms with Crippen molar-refractivity contribution in [3.63, 3.8) is 0 Å². The molecular weight excluding hydrogens is 217 g/mol. The van der Waals surface area contributed by atoms with E-state index in [0.717, 1.165) is 12.1 Å². The van der Waals surface area contributed by atoms with Crippen LogP contribution in [-0.4, -0.2) is 5.78 Å². The van der Waals surface area contributed by atoms with Crippen LogP contribution in [0.25, 0.3) is 0 Å². The van der Waals surface area contributed by atoms with E-state index < -0.39 is 22.5 Å². The molecule has 0 saturated carbocycles. The monoisotopic (exact) mass is 220 g/mol. The second-order valence-corrected chi connectivity index (χ2v) is 2.96. The van der Waals surface area contributed by atoms with Gasteiger partial charge in [-0.05, 0) is 18.2 Å². The lowest BCUT2D eigenvalue weighted by Gasteiger charge is -2.09. The van der Waals surface area contributed by atoms with Gasteiger partial charge in [-0.3, -0.25) is 4.79 Å². The van der Waals surface area contributed by atoms with Gasteiger partial charge in [0.2, 0.25) is 0 Å². The number of carbonyl (C=O) groups is 1. The van der Waals surface area contributed by atoms with Gasteiger partial charge >= 0.3 is 6.18 Å². The van der Waals surface area contributed by atoms with Crippen molar-refractivity contribution >= 4 is 17.4 Å². The van der Waals surface area contributed by atoms with Crippen LogP contribution in [-0.2, 0) is 6.18 Å². The fourth-order valence-electron chi connectivity index (χ4n) is 0.896. The Hall–Kier alpha value is -1.03. The van der Waals surface area contributed by atoms with E-state index in [0.29, 0.717) is 6.07 Å². The predicted octanol–water partition coefficient (Wildman–Crippen LogP) is 3.25. The van der Waals surface area contributed by atoms with Gasteiger partial charge in [-0.15, -0.1) is 0 Å². The molecule has 0 fully saturated rings. The Morgan fingerprint density at radius 2 is 1.93 bits per heavy atom. The Labute approximate surface area is 83.5 Å². The zero-order valence-corrected chi connectivity index (χ0v) is 7.49. The molecular formula is C9H4ClF3O. The van der Waals surface area contributed by atoms with Gasteiger partial charge in [-0.25, -0.2) is 0 Å². The predicted molar refractivity (Wildman–Crippen MR) is 45.1 cm³/mol. The molecule has 0 bridgehead atoms. The van der Waals surface area contributed by atoms with E-state index in [1.807, 2.05) is 0 Å². The van der Waals surface area contributed by atoms with E-state index in [2.05, 4.69) is 0 Å². The summed E-state index contributed by atoms with van der Waals surface area (Å²) in [5, 5.41) is -0.456. The maximum absolute atomic E-state index is 12.3. The summed E-state index contributed by atoms with van der Waals surface area (Å²) < 4.78 is 36.8. The molecule has 14 heavy (non-hydrogen) atoms. The largest absolute Gasteiger partial charge is 0.417 e. The van der Waals surface area contributed by atoms with Crippen LogP contribution < -0.4 is 0 Å². The second-order valence-electron chi connectivity index (χ2n) is 2.56. The maximum Gasteiger partial charge on any atom is 0.417 e. The minimum Gasteiger partial charge on any atom is -0.294 e. The lowest BCUT2D eigenvalue weighted by Crippen LogP contribution is -2.07. The van der Waals surface area contributed by atoms with Gasteiger partial charge in [0, 0.05) is 12.5 Å². The Morgan fingerprint density at radius 3 is 2.36 bits per heavy atom. The molecule has 0 saturated heterocycles. The van der Waals surface area contributed by atoms with Gasteiger partial charge in [0.1, 0.15) is 0 Å². The van der Waals surface area contributed by atoms with Crippen LogP contribution in [0.3, 0.4) is 0 Å². The third kappa shape index (κ3) is 2.26. The van der Waals surface area contributed by atoms with Crippen LogP contribution in [0.4, 0.5) is 13.2 Å². The molecule has 0 aliphatic heterocycles. The molecule has 1 aromatic carbocycles. The molecule has 74 valence electrons. The summed E-state index contributed by atoms with van der Waals surface area (Å²) >= 11 is 5.31. The minimum atomic E-state index is -4.58. The van der Waals surface area contributed by atoms with Gasteiger partial charge in [-0.2, -0.15) is 13.2 Å². The number of hydrogen-bond acceptors (Lipinski definition) is 1. The highest BCUT2D eigenvalue weighted by Crippen LogP contribution is 2.35. The number of alkyl halides is 3. The minimum absolute atomic E-state index is 0.221. The van der Waals surface area contributed by atoms with E-state index in [4.69, 9.17) is 18.5 Å². The summed E-state index contributed by atoms with van der Waals surface area (Å²) in [4.78, 5) is 10.6. The van der Waals surface area contributed by atoms with Crippen molar-refractivity contribution < 1.29 is 18.0 Å². The topological polar surface area (TPSA) is 17.1 Å². The summed E-state index contributed by atoms with van der Waals surface area (Å²) in [6, 6.07) is 2.76. The highest BCUT2D eigenvalue weighted by molar-refractivity contribution is 6.31. The molecule has 1 aromatic rings. The lowest BCUT2D eigenvalue weighted by atomic mass is 10.1. The van der Waals surface area contributed by atoms with Crippen LogP contribution in [0.5, 0.6) is 0 Å². The first-order chi connectivity index (χ1) is 6.32. The van der Waals surface area contributed by atoms with Crippen molar-refractivity contribution in [2.45, 2.75) is 6.18 Å². The molecule has 0 aromatic heterocycles. The number of ketones is 1. The van der Waals surface area contributed by atoms with Crippen LogP contribution in [0.1, 0.15) is 15.9 Å². The number of hydrogen-bond donors (Lipinski definition) is 0. The normalized spacial score (nSPS) is 11.5. The molecule has 1 rings (SSSR count). The average molecular weight is 221 g/mol. The van der Waals surface area contributed by atoms with Crippen molar-refractivity contribution in [2.75, 3.05) is 0 Å². The van der Waals surface area contributed by atoms with Crippen LogP contribution in [0.2, 0.25) is 5.02 Å². The van der Waals surface area contributed by atoms with Gasteiger partial charge in [-0.1, -0.05) is 11.6 Å². The molecule has 0 aliphatic carbocycles. The van der Waals surface area contributed by atoms with Crippen molar-refractivity contribution in [1.82, 2.24) is 0 Å². The number of halogens is 4. The summed E-state index contributed by atoms with van der Waals surface area (Å²) in [6.45, 7) is 4.83. The Bertz CT molecular complexity index is 371. The molecule has 0 heterocycles. The van der Waals surface area contributed by atoms with Gasteiger partial charge < -0.3 is 0 Å². The zero-order valence-electron chi connectivity index (χ0n) is 6.73. The van der Waals surface area contributed by atoms with E-state index >= 15 is 0 Å². The number of rotatable bonds is 1. The Morgan fingerprint density at radius 1 is 1.36 bits per heavy atom. The second kappa shape index (κ2) is 3.61. The molecule has 2 radical (unpaired) electrons. The summed E-state index contributed by atoms with van der Waals surface area (Å²) in [5.74, 6) is -0.924. The maximum atomic E-state index is 12.3. The zero-order chi connectivity index (χ0) is 10.9. The van der Waals surface area contributed by atoms with Crippen LogP contribution in [0.15, 0.2) is 18.2 Å². The van der Waals surface area contributed by atoms with Crippen LogP contribution in [0, 0.1) is 6.92 Å². The summed E-state index contributed by atoms with van der Waals surface area (Å²) in [6.07, 6.45) is -4.58. The molecule has 0 aliphatic rings. The van der Waals surface area contributed by atoms with E-state index in [1.165, 1.54) is 0 Å². The lowest BCUT2D eigenvalue weighted by molar-refractivity contribution is -0.137. The molecule has 5 heteroatoms. The first-order valence-corrected chi connectivity index (χ1v) is 3.86. The third-order valence-corrected chi connectivity index (χ3v) is 1.89. The first kappa shape index (κ1) is 11.0. The summed E-state index contributed by atoms with van der Waals surface area (Å²) in [5.41, 5.74) is -1.28. The fourth-order valence-corrected chi connectivity index (χ4v) is 1.12. The molecule has 1 nitrogen and oxygen atoms in total. The molecule has 0 N–H and O–H groups in total. The van der Waals surface area contributed by atoms with Gasteiger partial charge in [0.15, 0.2) is 5.78 Å². The molecule has 0 unspecified atom stereocenters. The molecule has 0 atom stereocenters. The fraction of sp³-hybridized carbons (Fsp3) is 0.111. The summed E-state index contributed by atoms with van der Waals surface area (Å²) in [7, 11) is 0. The van der Waals surface area contributed by atoms with Gasteiger partial charge in [0.05, 0.1) is 10.6 Å². The van der Waals surface area contributed by atoms with E-state index in [1.54, 1.807) is 0 Å². The van der Waals surface area contributed by atoms with E-state index in [-0.39, 0.29) is 5.56 Å². The third-order valence-electron chi connectivity index (χ3n) is 1.56. The quantitative estimate of drug-likeness (QED) is 0.664. The highest BCUT2D eigenvalue weighted by atomic mass is 35.5. The number of benzene rings is 1. The van der Waals surface area contributed by atoms with Crippen molar-refractivity contribution in [3.8, 4) is 0 Å². The number of carbonyl (C=O) groups excluding carboxylic acids is 1. The first-order valence-electron chi connectivity index (χ1n) is 3.49. The van der Waals surface area contributed by atoms with Gasteiger partial charge in [0.25, 0.3) is 0 Å². The van der Waals surface area contributed by atoms with Crippen molar-refractivity contribution in [2.24, 2.45) is 0 Å². The smallest absolute Gasteiger partial charge is 0.294 e. The van der Waals surface area contributed by atoms with E-state index in [9.17, 15) is 18.0 Å². The highest BCUT2D eigenvalue weighted by Gasteiger charge is 2.33. The average Bonchev–Trinajstić information content (AvgIpc) is 2.02. The standard InChI is InChI=1S/C9H4ClF3O/c1-5(14)6-2-3-8(10)7(4-6)9(11,12)13/h1-4H. The molecule has 0 amide bonds. The van der Waals surface area contributed by atoms with Crippen molar-refractivity contribution in [1.29, 1.82) is 0 Å². The molecule has 0 spiro atoms. The van der Waals surface area contributed by atoms with Crippen LogP contribution >= 0.6 is 11.6 Å².